The molecule has 4 rings (SSSR count). The van der Waals surface area contributed by atoms with E-state index in [4.69, 9.17) is 11.6 Å². The molecule has 1 saturated heterocycles. The van der Waals surface area contributed by atoms with Crippen LogP contribution in [0.5, 0.6) is 0 Å². The number of rotatable bonds is 3. The van der Waals surface area contributed by atoms with E-state index in [1.165, 1.54) is 0 Å². The molecule has 3 atom stereocenters. The van der Waals surface area contributed by atoms with Crippen LogP contribution in [0.3, 0.4) is 0 Å². The standard InChI is InChI=1S/C23H20ClN3O2/c1-3-13(2)21-23(17-8-7-16(24)10-19(17)26-22(23)29)18(11-20(28)27-21)15-6-4-5-14(9-15)12-25/h4-10,18,21H,2-3,11H2,1H3,(H,26,29)(H,27,28). The van der Waals surface area contributed by atoms with Crippen molar-refractivity contribution in [1.29, 1.82) is 5.26 Å². The Balaban J connectivity index is 2.01. The maximum Gasteiger partial charge on any atom is 0.238 e. The summed E-state index contributed by atoms with van der Waals surface area (Å²) < 4.78 is 0. The van der Waals surface area contributed by atoms with Crippen molar-refractivity contribution in [3.8, 4) is 6.07 Å². The molecule has 2 aromatic carbocycles. The maximum atomic E-state index is 13.6. The molecule has 146 valence electrons. The molecule has 0 saturated carbocycles. The molecule has 29 heavy (non-hydrogen) atoms. The Morgan fingerprint density at radius 1 is 1.31 bits per heavy atom. The fourth-order valence-electron chi connectivity index (χ4n) is 4.68. The number of hydrogen-bond acceptors (Lipinski definition) is 3. The number of nitriles is 1. The van der Waals surface area contributed by atoms with E-state index in [2.05, 4.69) is 23.3 Å². The number of anilines is 1. The molecule has 5 nitrogen and oxygen atoms in total. The van der Waals surface area contributed by atoms with Gasteiger partial charge in [0.25, 0.3) is 0 Å². The summed E-state index contributed by atoms with van der Waals surface area (Å²) in [6, 6.07) is 14.1. The van der Waals surface area contributed by atoms with Crippen LogP contribution in [0.2, 0.25) is 5.02 Å². The van der Waals surface area contributed by atoms with Crippen molar-refractivity contribution in [3.05, 3.63) is 76.3 Å². The van der Waals surface area contributed by atoms with Gasteiger partial charge in [0, 0.05) is 23.0 Å². The van der Waals surface area contributed by atoms with Crippen LogP contribution in [0.25, 0.3) is 0 Å². The van der Waals surface area contributed by atoms with Crippen molar-refractivity contribution in [3.63, 3.8) is 0 Å². The third-order valence-corrected chi connectivity index (χ3v) is 6.27. The second-order valence-corrected chi connectivity index (χ2v) is 7.96. The molecule has 2 aromatic rings. The fraction of sp³-hybridized carbons (Fsp3) is 0.261. The zero-order valence-electron chi connectivity index (χ0n) is 16.0. The van der Waals surface area contributed by atoms with Gasteiger partial charge in [0.1, 0.15) is 5.41 Å². The number of halogens is 1. The lowest BCUT2D eigenvalue weighted by molar-refractivity contribution is -0.130. The van der Waals surface area contributed by atoms with E-state index < -0.39 is 17.4 Å². The summed E-state index contributed by atoms with van der Waals surface area (Å²) >= 11 is 6.17. The van der Waals surface area contributed by atoms with E-state index in [0.717, 1.165) is 16.7 Å². The SMILES string of the molecule is C=C(CC)C1NC(=O)CC(c2cccc(C#N)c2)C12C(=O)Nc1cc(Cl)ccc12. The third-order valence-electron chi connectivity index (χ3n) is 6.03. The maximum absolute atomic E-state index is 13.6. The van der Waals surface area contributed by atoms with Crippen LogP contribution in [-0.2, 0) is 15.0 Å². The number of hydrogen-bond donors (Lipinski definition) is 2. The van der Waals surface area contributed by atoms with Gasteiger partial charge in [-0.15, -0.1) is 0 Å². The molecule has 2 N–H and O–H groups in total. The second kappa shape index (κ2) is 7.06. The number of carbonyl (C=O) groups is 2. The van der Waals surface area contributed by atoms with E-state index in [1.54, 1.807) is 30.3 Å². The quantitative estimate of drug-likeness (QED) is 0.756. The van der Waals surface area contributed by atoms with Crippen molar-refractivity contribution in [2.75, 3.05) is 5.32 Å². The summed E-state index contributed by atoms with van der Waals surface area (Å²) in [5.41, 5.74) is 2.43. The van der Waals surface area contributed by atoms with E-state index in [9.17, 15) is 14.9 Å². The van der Waals surface area contributed by atoms with Crippen molar-refractivity contribution < 1.29 is 9.59 Å². The number of nitrogens with one attached hydrogen (secondary N) is 2. The Kier molecular flexibility index (Phi) is 4.68. The monoisotopic (exact) mass is 405 g/mol. The number of amides is 2. The Morgan fingerprint density at radius 2 is 2.10 bits per heavy atom. The lowest BCUT2D eigenvalue weighted by Crippen LogP contribution is -2.62. The van der Waals surface area contributed by atoms with Crippen LogP contribution in [0, 0.1) is 11.3 Å². The minimum Gasteiger partial charge on any atom is -0.348 e. The summed E-state index contributed by atoms with van der Waals surface area (Å²) in [5.74, 6) is -0.778. The topological polar surface area (TPSA) is 82.0 Å². The molecule has 1 fully saturated rings. The molecule has 1 spiro atoms. The molecule has 0 aliphatic carbocycles. The van der Waals surface area contributed by atoms with Gasteiger partial charge in [-0.25, -0.2) is 0 Å². The first-order valence-electron chi connectivity index (χ1n) is 9.50. The Labute approximate surface area is 174 Å². The summed E-state index contributed by atoms with van der Waals surface area (Å²) in [7, 11) is 0. The van der Waals surface area contributed by atoms with Crippen molar-refractivity contribution in [1.82, 2.24) is 5.32 Å². The number of fused-ring (bicyclic) bond motifs is 2. The first-order chi connectivity index (χ1) is 13.9. The molecule has 6 heteroatoms. The van der Waals surface area contributed by atoms with Crippen molar-refractivity contribution >= 4 is 29.1 Å². The molecule has 0 aromatic heterocycles. The van der Waals surface area contributed by atoms with Crippen LogP contribution in [0.15, 0.2) is 54.6 Å². The van der Waals surface area contributed by atoms with Gasteiger partial charge in [0.2, 0.25) is 11.8 Å². The van der Waals surface area contributed by atoms with E-state index in [-0.39, 0.29) is 18.2 Å². The van der Waals surface area contributed by atoms with Gasteiger partial charge in [-0.2, -0.15) is 5.26 Å². The van der Waals surface area contributed by atoms with Gasteiger partial charge < -0.3 is 10.6 Å². The minimum absolute atomic E-state index is 0.137. The lowest BCUT2D eigenvalue weighted by Gasteiger charge is -2.47. The molecule has 2 aliphatic rings. The third kappa shape index (κ3) is 2.83. The lowest BCUT2D eigenvalue weighted by atomic mass is 9.59. The molecule has 2 aliphatic heterocycles. The van der Waals surface area contributed by atoms with E-state index in [1.807, 2.05) is 19.1 Å². The van der Waals surface area contributed by atoms with Crippen molar-refractivity contribution in [2.45, 2.75) is 37.1 Å². The van der Waals surface area contributed by atoms with E-state index >= 15 is 0 Å². The predicted octanol–water partition coefficient (Wildman–Crippen LogP) is 4.04. The number of piperidine rings is 1. The second-order valence-electron chi connectivity index (χ2n) is 7.52. The van der Waals surface area contributed by atoms with Crippen LogP contribution < -0.4 is 10.6 Å². The van der Waals surface area contributed by atoms with Gasteiger partial charge in [0.05, 0.1) is 17.7 Å². The zero-order chi connectivity index (χ0) is 20.8. The molecule has 0 bridgehead atoms. The zero-order valence-corrected chi connectivity index (χ0v) is 16.7. The van der Waals surface area contributed by atoms with Crippen molar-refractivity contribution in [2.24, 2.45) is 0 Å². The van der Waals surface area contributed by atoms with Gasteiger partial charge in [-0.3, -0.25) is 9.59 Å². The van der Waals surface area contributed by atoms with Crippen LogP contribution >= 0.6 is 11.6 Å². The summed E-state index contributed by atoms with van der Waals surface area (Å²) in [5, 5.41) is 15.9. The Morgan fingerprint density at radius 3 is 2.83 bits per heavy atom. The molecule has 0 radical (unpaired) electrons. The molecule has 3 unspecified atom stereocenters. The Bertz CT molecular complexity index is 1090. The normalized spacial score (nSPS) is 25.1. The number of nitrogens with zero attached hydrogens (tertiary/aromatic N) is 1. The summed E-state index contributed by atoms with van der Waals surface area (Å²) in [4.78, 5) is 26.3. The predicted molar refractivity (Wildman–Crippen MR) is 112 cm³/mol. The number of carbonyl (C=O) groups excluding carboxylic acids is 2. The number of benzene rings is 2. The molecular formula is C23H20ClN3O2. The first kappa shape index (κ1) is 19.2. The van der Waals surface area contributed by atoms with Gasteiger partial charge in [-0.05, 0) is 41.8 Å². The largest absolute Gasteiger partial charge is 0.348 e. The fourth-order valence-corrected chi connectivity index (χ4v) is 4.85. The van der Waals surface area contributed by atoms with Gasteiger partial charge in [0.15, 0.2) is 0 Å². The average molecular weight is 406 g/mol. The smallest absolute Gasteiger partial charge is 0.238 e. The summed E-state index contributed by atoms with van der Waals surface area (Å²) in [6.07, 6.45) is 0.756. The van der Waals surface area contributed by atoms with Gasteiger partial charge in [-0.1, -0.05) is 48.9 Å². The highest BCUT2D eigenvalue weighted by atomic mass is 35.5. The summed E-state index contributed by atoms with van der Waals surface area (Å²) in [6.45, 7) is 6.12. The van der Waals surface area contributed by atoms with Crippen LogP contribution in [0.1, 0.15) is 42.4 Å². The highest BCUT2D eigenvalue weighted by Crippen LogP contribution is 2.54. The van der Waals surface area contributed by atoms with Gasteiger partial charge >= 0.3 is 0 Å². The molecule has 2 heterocycles. The van der Waals surface area contributed by atoms with E-state index in [0.29, 0.717) is 22.7 Å². The van der Waals surface area contributed by atoms with Crippen LogP contribution in [0.4, 0.5) is 5.69 Å². The molecular weight excluding hydrogens is 386 g/mol. The first-order valence-corrected chi connectivity index (χ1v) is 9.88. The van der Waals surface area contributed by atoms with Crippen LogP contribution in [-0.4, -0.2) is 17.9 Å². The minimum atomic E-state index is -1.06. The Hall–Kier alpha value is -3.10. The average Bonchev–Trinajstić information content (AvgIpc) is 3.00. The molecule has 2 amide bonds. The highest BCUT2D eigenvalue weighted by Gasteiger charge is 2.61. The highest BCUT2D eigenvalue weighted by molar-refractivity contribution is 6.31.